The predicted octanol–water partition coefficient (Wildman–Crippen LogP) is 4.56. The molecule has 1 aromatic heterocycles. The first-order valence-electron chi connectivity index (χ1n) is 7.90. The van der Waals surface area contributed by atoms with Gasteiger partial charge in [-0.15, -0.1) is 11.3 Å². The van der Waals surface area contributed by atoms with Crippen molar-refractivity contribution < 1.29 is 0 Å². The minimum atomic E-state index is 0.919. The first kappa shape index (κ1) is 15.2. The monoisotopic (exact) mass is 310 g/mol. The lowest BCUT2D eigenvalue weighted by atomic mass is 10.0. The molecule has 0 unspecified atom stereocenters. The number of hydrogen-bond acceptors (Lipinski definition) is 3. The summed E-state index contributed by atoms with van der Waals surface area (Å²) in [6.45, 7) is 3.13. The SMILES string of the molecule is CCCc1nc(Cc2cccc3ccccc23)sc1CNC. The molecule has 0 aliphatic carbocycles. The number of aryl methyl sites for hydroxylation is 1. The zero-order valence-corrected chi connectivity index (χ0v) is 14.0. The van der Waals surface area contributed by atoms with E-state index in [1.54, 1.807) is 0 Å². The standard InChI is InChI=1S/C19H22N2S/c1-3-7-17-18(13-20-2)22-19(21-17)12-15-10-6-9-14-8-4-5-11-16(14)15/h4-6,8-11,20H,3,7,12-13H2,1-2H3. The van der Waals surface area contributed by atoms with E-state index in [0.29, 0.717) is 0 Å². The molecule has 1 heterocycles. The first-order chi connectivity index (χ1) is 10.8. The van der Waals surface area contributed by atoms with Gasteiger partial charge in [0.25, 0.3) is 0 Å². The maximum Gasteiger partial charge on any atom is 0.0975 e. The van der Waals surface area contributed by atoms with Crippen molar-refractivity contribution in [3.8, 4) is 0 Å². The van der Waals surface area contributed by atoms with Crippen molar-refractivity contribution >= 4 is 22.1 Å². The van der Waals surface area contributed by atoms with E-state index in [-0.39, 0.29) is 0 Å². The Morgan fingerprint density at radius 2 is 1.91 bits per heavy atom. The highest BCUT2D eigenvalue weighted by Crippen LogP contribution is 2.26. The van der Waals surface area contributed by atoms with Crippen LogP contribution in [0.25, 0.3) is 10.8 Å². The summed E-state index contributed by atoms with van der Waals surface area (Å²) < 4.78 is 0. The van der Waals surface area contributed by atoms with E-state index in [1.807, 2.05) is 18.4 Å². The first-order valence-corrected chi connectivity index (χ1v) is 8.72. The van der Waals surface area contributed by atoms with Crippen LogP contribution in [0.2, 0.25) is 0 Å². The highest BCUT2D eigenvalue weighted by atomic mass is 32.1. The van der Waals surface area contributed by atoms with Crippen LogP contribution >= 0.6 is 11.3 Å². The van der Waals surface area contributed by atoms with Gasteiger partial charge in [-0.3, -0.25) is 0 Å². The van der Waals surface area contributed by atoms with Gasteiger partial charge in [-0.2, -0.15) is 0 Å². The molecule has 0 aliphatic rings. The van der Waals surface area contributed by atoms with Crippen molar-refractivity contribution in [3.63, 3.8) is 0 Å². The third kappa shape index (κ3) is 3.21. The molecule has 1 N–H and O–H groups in total. The van der Waals surface area contributed by atoms with Gasteiger partial charge in [0, 0.05) is 17.8 Å². The van der Waals surface area contributed by atoms with Gasteiger partial charge >= 0.3 is 0 Å². The summed E-state index contributed by atoms with van der Waals surface area (Å²) in [6.07, 6.45) is 3.14. The third-order valence-electron chi connectivity index (χ3n) is 3.87. The summed E-state index contributed by atoms with van der Waals surface area (Å²) in [7, 11) is 2.00. The molecule has 2 aromatic carbocycles. The van der Waals surface area contributed by atoms with Gasteiger partial charge in [-0.05, 0) is 29.8 Å². The Balaban J connectivity index is 1.93. The number of fused-ring (bicyclic) bond motifs is 1. The number of benzene rings is 2. The number of aromatic nitrogens is 1. The molecule has 3 aromatic rings. The van der Waals surface area contributed by atoms with Crippen molar-refractivity contribution in [2.75, 3.05) is 7.05 Å². The normalized spacial score (nSPS) is 11.2. The summed E-state index contributed by atoms with van der Waals surface area (Å²) in [5.41, 5.74) is 2.64. The van der Waals surface area contributed by atoms with Crippen molar-refractivity contribution in [1.82, 2.24) is 10.3 Å². The van der Waals surface area contributed by atoms with Crippen molar-refractivity contribution in [2.45, 2.75) is 32.7 Å². The summed E-state index contributed by atoms with van der Waals surface area (Å²) in [5.74, 6) is 0. The van der Waals surface area contributed by atoms with E-state index >= 15 is 0 Å². The largest absolute Gasteiger partial charge is 0.315 e. The fourth-order valence-corrected chi connectivity index (χ4v) is 4.00. The highest BCUT2D eigenvalue weighted by molar-refractivity contribution is 7.11. The van der Waals surface area contributed by atoms with Crippen molar-refractivity contribution in [2.24, 2.45) is 0 Å². The Morgan fingerprint density at radius 1 is 1.09 bits per heavy atom. The Labute approximate surface area is 136 Å². The van der Waals surface area contributed by atoms with E-state index in [0.717, 1.165) is 25.8 Å². The Kier molecular flexibility index (Phi) is 4.86. The van der Waals surface area contributed by atoms with E-state index in [2.05, 4.69) is 54.7 Å². The highest BCUT2D eigenvalue weighted by Gasteiger charge is 2.11. The third-order valence-corrected chi connectivity index (χ3v) is 4.97. The maximum atomic E-state index is 4.90. The second-order valence-corrected chi connectivity index (χ2v) is 6.74. The van der Waals surface area contributed by atoms with Crippen LogP contribution in [0.4, 0.5) is 0 Å². The summed E-state index contributed by atoms with van der Waals surface area (Å²) in [6, 6.07) is 15.1. The van der Waals surface area contributed by atoms with Crippen LogP contribution in [0.1, 0.15) is 34.5 Å². The van der Waals surface area contributed by atoms with Gasteiger partial charge in [0.05, 0.1) is 10.7 Å². The number of hydrogen-bond donors (Lipinski definition) is 1. The average molecular weight is 310 g/mol. The van der Waals surface area contributed by atoms with Gasteiger partial charge in [0.1, 0.15) is 0 Å². The van der Waals surface area contributed by atoms with Gasteiger partial charge in [0.2, 0.25) is 0 Å². The molecule has 3 heteroatoms. The van der Waals surface area contributed by atoms with Gasteiger partial charge in [-0.25, -0.2) is 4.98 Å². The molecule has 22 heavy (non-hydrogen) atoms. The summed E-state index contributed by atoms with van der Waals surface area (Å²) in [5, 5.41) is 7.13. The fourth-order valence-electron chi connectivity index (χ4n) is 2.85. The molecule has 0 bridgehead atoms. The Bertz CT molecular complexity index is 732. The molecule has 0 saturated carbocycles. The van der Waals surface area contributed by atoms with E-state index < -0.39 is 0 Å². The molecule has 3 rings (SSSR count). The van der Waals surface area contributed by atoms with Crippen molar-refractivity contribution in [1.29, 1.82) is 0 Å². The fraction of sp³-hybridized carbons (Fsp3) is 0.316. The van der Waals surface area contributed by atoms with Crippen LogP contribution in [-0.2, 0) is 19.4 Å². The van der Waals surface area contributed by atoms with Crippen LogP contribution in [-0.4, -0.2) is 12.0 Å². The van der Waals surface area contributed by atoms with Gasteiger partial charge in [-0.1, -0.05) is 55.8 Å². The van der Waals surface area contributed by atoms with E-state index in [9.17, 15) is 0 Å². The lowest BCUT2D eigenvalue weighted by Gasteiger charge is -2.04. The predicted molar refractivity (Wildman–Crippen MR) is 95.6 cm³/mol. The number of nitrogens with one attached hydrogen (secondary N) is 1. The number of nitrogens with zero attached hydrogens (tertiary/aromatic N) is 1. The molecular formula is C19H22N2S. The van der Waals surface area contributed by atoms with Gasteiger partial charge < -0.3 is 5.32 Å². The Hall–Kier alpha value is -1.71. The minimum absolute atomic E-state index is 0.919. The average Bonchev–Trinajstić information content (AvgIpc) is 2.90. The maximum absolute atomic E-state index is 4.90. The van der Waals surface area contributed by atoms with Gasteiger partial charge in [0.15, 0.2) is 0 Å². The molecule has 0 fully saturated rings. The van der Waals surface area contributed by atoms with Crippen LogP contribution in [0.5, 0.6) is 0 Å². The number of thiazole rings is 1. The summed E-state index contributed by atoms with van der Waals surface area (Å²) in [4.78, 5) is 6.29. The molecule has 2 nitrogen and oxygen atoms in total. The van der Waals surface area contributed by atoms with E-state index in [1.165, 1.54) is 31.9 Å². The lowest BCUT2D eigenvalue weighted by Crippen LogP contribution is -2.05. The van der Waals surface area contributed by atoms with E-state index in [4.69, 9.17) is 4.98 Å². The molecule has 0 aliphatic heterocycles. The molecule has 0 saturated heterocycles. The van der Waals surface area contributed by atoms with Crippen molar-refractivity contribution in [3.05, 3.63) is 63.6 Å². The topological polar surface area (TPSA) is 24.9 Å². The second kappa shape index (κ2) is 7.03. The second-order valence-electron chi connectivity index (χ2n) is 5.57. The van der Waals surface area contributed by atoms with Crippen LogP contribution in [0.3, 0.4) is 0 Å². The minimum Gasteiger partial charge on any atom is -0.315 e. The molecule has 114 valence electrons. The van der Waals surface area contributed by atoms with Crippen LogP contribution < -0.4 is 5.32 Å². The zero-order chi connectivity index (χ0) is 15.4. The zero-order valence-electron chi connectivity index (χ0n) is 13.2. The molecule has 0 amide bonds. The summed E-state index contributed by atoms with van der Waals surface area (Å²) >= 11 is 1.85. The van der Waals surface area contributed by atoms with Crippen LogP contribution in [0, 0.1) is 0 Å². The number of rotatable bonds is 6. The molecular weight excluding hydrogens is 288 g/mol. The lowest BCUT2D eigenvalue weighted by molar-refractivity contribution is 0.796. The molecule has 0 atom stereocenters. The van der Waals surface area contributed by atoms with Crippen LogP contribution in [0.15, 0.2) is 42.5 Å². The molecule has 0 radical (unpaired) electrons. The smallest absolute Gasteiger partial charge is 0.0975 e. The Morgan fingerprint density at radius 3 is 2.73 bits per heavy atom. The molecule has 0 spiro atoms. The quantitative estimate of drug-likeness (QED) is 0.722.